The summed E-state index contributed by atoms with van der Waals surface area (Å²) in [7, 11) is 0. The highest BCUT2D eigenvalue weighted by Crippen LogP contribution is 2.72. The Kier molecular flexibility index (Phi) is 4.12. The topological polar surface area (TPSA) is 63.6 Å². The molecule has 1 N–H and O–H groups in total. The molecule has 0 saturated heterocycles. The molecule has 0 aromatic heterocycles. The minimum Gasteiger partial charge on any atom is -0.463 e. The van der Waals surface area contributed by atoms with E-state index in [1.807, 2.05) is 0 Å². The van der Waals surface area contributed by atoms with Crippen LogP contribution in [0.4, 0.5) is 0 Å². The van der Waals surface area contributed by atoms with Crippen molar-refractivity contribution in [1.29, 1.82) is 0 Å². The second-order valence-corrected chi connectivity index (χ2v) is 10.5. The first-order valence-electron chi connectivity index (χ1n) is 10.5. The van der Waals surface area contributed by atoms with Crippen molar-refractivity contribution in [3.05, 3.63) is 0 Å². The lowest BCUT2D eigenvalue weighted by Crippen LogP contribution is -2.66. The standard InChI is InChI=1S/C22H34O4/c1-15(24)26-14-22(25)12-21-9-5-16(22)11-18(21)20(3)8-4-7-19(2,13-23)17(20)6-10-21/h13,16-18,25H,4-12,14H2,1-3H3/t16-,17+,18-,19-,20+,21+,22-/m0/s1. The van der Waals surface area contributed by atoms with Gasteiger partial charge >= 0.3 is 5.97 Å². The molecule has 0 aromatic carbocycles. The van der Waals surface area contributed by atoms with Crippen LogP contribution >= 0.6 is 0 Å². The highest BCUT2D eigenvalue weighted by Gasteiger charge is 2.67. The second kappa shape index (κ2) is 5.80. The average molecular weight is 363 g/mol. The van der Waals surface area contributed by atoms with E-state index < -0.39 is 5.60 Å². The number of fused-ring (bicyclic) bond motifs is 3. The van der Waals surface area contributed by atoms with E-state index in [1.165, 1.54) is 26.1 Å². The Hall–Kier alpha value is -0.900. The maximum Gasteiger partial charge on any atom is 0.302 e. The SMILES string of the molecule is CC(=O)OC[C@@]1(O)C[C@]23CC[C@H]1C[C@H]2[C@]1(C)CCC[C@@](C)(C=O)[C@H]1CC3. The van der Waals surface area contributed by atoms with Crippen molar-refractivity contribution in [3.63, 3.8) is 0 Å². The first kappa shape index (κ1) is 18.5. The van der Waals surface area contributed by atoms with Crippen LogP contribution in [0.25, 0.3) is 0 Å². The third-order valence-electron chi connectivity index (χ3n) is 9.21. The van der Waals surface area contributed by atoms with Crippen LogP contribution in [0.15, 0.2) is 0 Å². The van der Waals surface area contributed by atoms with E-state index in [1.54, 1.807) is 0 Å². The van der Waals surface area contributed by atoms with Gasteiger partial charge in [0.25, 0.3) is 0 Å². The van der Waals surface area contributed by atoms with Gasteiger partial charge in [0, 0.05) is 12.3 Å². The van der Waals surface area contributed by atoms with Crippen molar-refractivity contribution in [2.45, 2.75) is 84.2 Å². The van der Waals surface area contributed by atoms with Gasteiger partial charge in [0.1, 0.15) is 18.5 Å². The molecule has 0 amide bonds. The molecule has 1 spiro atoms. The van der Waals surface area contributed by atoms with Crippen molar-refractivity contribution in [2.75, 3.05) is 6.61 Å². The molecule has 7 atom stereocenters. The zero-order valence-electron chi connectivity index (χ0n) is 16.6. The number of rotatable bonds is 3. The van der Waals surface area contributed by atoms with Crippen LogP contribution in [0.3, 0.4) is 0 Å². The molecule has 0 radical (unpaired) electrons. The Morgan fingerprint density at radius 1 is 1.15 bits per heavy atom. The lowest BCUT2D eigenvalue weighted by molar-refractivity contribution is -0.244. The summed E-state index contributed by atoms with van der Waals surface area (Å²) in [6, 6.07) is 0. The van der Waals surface area contributed by atoms with E-state index in [2.05, 4.69) is 13.8 Å². The summed E-state index contributed by atoms with van der Waals surface area (Å²) in [5.74, 6) is 0.967. The molecule has 5 rings (SSSR count). The molecule has 5 aliphatic rings. The Morgan fingerprint density at radius 3 is 2.58 bits per heavy atom. The zero-order valence-corrected chi connectivity index (χ0v) is 16.6. The molecule has 0 unspecified atom stereocenters. The van der Waals surface area contributed by atoms with Crippen molar-refractivity contribution >= 4 is 12.3 Å². The summed E-state index contributed by atoms with van der Waals surface area (Å²) >= 11 is 0. The number of hydrogen-bond acceptors (Lipinski definition) is 4. The highest BCUT2D eigenvalue weighted by molar-refractivity contribution is 5.66. The summed E-state index contributed by atoms with van der Waals surface area (Å²) in [4.78, 5) is 23.3. The predicted molar refractivity (Wildman–Crippen MR) is 98.3 cm³/mol. The third kappa shape index (κ3) is 2.43. The van der Waals surface area contributed by atoms with Crippen LogP contribution < -0.4 is 0 Å². The molecule has 5 saturated carbocycles. The van der Waals surface area contributed by atoms with Gasteiger partial charge < -0.3 is 14.6 Å². The number of esters is 1. The van der Waals surface area contributed by atoms with Crippen LogP contribution in [-0.2, 0) is 14.3 Å². The monoisotopic (exact) mass is 362 g/mol. The Balaban J connectivity index is 1.64. The minimum absolute atomic E-state index is 0.146. The number of carbonyl (C=O) groups excluding carboxylic acids is 2. The van der Waals surface area contributed by atoms with Crippen molar-refractivity contribution in [3.8, 4) is 0 Å². The van der Waals surface area contributed by atoms with Crippen LogP contribution in [0, 0.1) is 34.0 Å². The smallest absolute Gasteiger partial charge is 0.302 e. The molecule has 26 heavy (non-hydrogen) atoms. The van der Waals surface area contributed by atoms with Crippen LogP contribution in [-0.4, -0.2) is 29.6 Å². The molecule has 5 fully saturated rings. The molecule has 0 aliphatic heterocycles. The first-order chi connectivity index (χ1) is 12.2. The van der Waals surface area contributed by atoms with E-state index >= 15 is 0 Å². The molecule has 4 nitrogen and oxygen atoms in total. The molecule has 4 heteroatoms. The summed E-state index contributed by atoms with van der Waals surface area (Å²) in [5.41, 5.74) is -0.671. The minimum atomic E-state index is -0.855. The zero-order chi connectivity index (χ0) is 18.8. The van der Waals surface area contributed by atoms with Gasteiger partial charge in [-0.2, -0.15) is 0 Å². The summed E-state index contributed by atoms with van der Waals surface area (Å²) in [6.45, 7) is 6.18. The van der Waals surface area contributed by atoms with Crippen LogP contribution in [0.5, 0.6) is 0 Å². The maximum atomic E-state index is 12.0. The number of hydrogen-bond donors (Lipinski definition) is 1. The molecule has 2 bridgehead atoms. The van der Waals surface area contributed by atoms with E-state index in [9.17, 15) is 14.7 Å². The van der Waals surface area contributed by atoms with E-state index in [-0.39, 0.29) is 34.7 Å². The lowest BCUT2D eigenvalue weighted by atomic mass is 9.36. The number of ether oxygens (including phenoxy) is 1. The van der Waals surface area contributed by atoms with Gasteiger partial charge in [-0.05, 0) is 80.0 Å². The van der Waals surface area contributed by atoms with Gasteiger partial charge in [-0.3, -0.25) is 4.79 Å². The largest absolute Gasteiger partial charge is 0.463 e. The maximum absolute atomic E-state index is 12.0. The fourth-order valence-corrected chi connectivity index (χ4v) is 8.10. The number of aldehydes is 1. The van der Waals surface area contributed by atoms with Crippen LogP contribution in [0.1, 0.15) is 78.6 Å². The molecular formula is C22H34O4. The van der Waals surface area contributed by atoms with E-state index in [0.717, 1.165) is 44.9 Å². The molecular weight excluding hydrogens is 328 g/mol. The van der Waals surface area contributed by atoms with Crippen molar-refractivity contribution in [1.82, 2.24) is 0 Å². The molecule has 146 valence electrons. The Morgan fingerprint density at radius 2 is 1.88 bits per heavy atom. The van der Waals surface area contributed by atoms with Crippen LogP contribution in [0.2, 0.25) is 0 Å². The Bertz CT molecular complexity index is 617. The van der Waals surface area contributed by atoms with Gasteiger partial charge in [0.2, 0.25) is 0 Å². The van der Waals surface area contributed by atoms with Gasteiger partial charge in [-0.1, -0.05) is 20.3 Å². The van der Waals surface area contributed by atoms with Gasteiger partial charge in [0.15, 0.2) is 0 Å². The molecule has 0 heterocycles. The Labute approximate surface area is 157 Å². The van der Waals surface area contributed by atoms with Crippen molar-refractivity contribution in [2.24, 2.45) is 34.0 Å². The van der Waals surface area contributed by atoms with Gasteiger partial charge in [0.05, 0.1) is 0 Å². The van der Waals surface area contributed by atoms with E-state index in [4.69, 9.17) is 4.74 Å². The fraction of sp³-hybridized carbons (Fsp3) is 0.909. The quantitative estimate of drug-likeness (QED) is 0.611. The number of aliphatic hydroxyl groups is 1. The lowest BCUT2D eigenvalue weighted by Gasteiger charge is -2.69. The highest BCUT2D eigenvalue weighted by atomic mass is 16.5. The van der Waals surface area contributed by atoms with Gasteiger partial charge in [-0.15, -0.1) is 0 Å². The fourth-order valence-electron chi connectivity index (χ4n) is 8.10. The first-order valence-corrected chi connectivity index (χ1v) is 10.5. The van der Waals surface area contributed by atoms with Crippen molar-refractivity contribution < 1.29 is 19.4 Å². The molecule has 0 aromatic rings. The van der Waals surface area contributed by atoms with Gasteiger partial charge in [-0.25, -0.2) is 0 Å². The second-order valence-electron chi connectivity index (χ2n) is 10.5. The van der Waals surface area contributed by atoms with E-state index in [0.29, 0.717) is 11.8 Å². The number of carbonyl (C=O) groups is 2. The summed E-state index contributed by atoms with van der Waals surface area (Å²) in [5, 5.41) is 11.3. The summed E-state index contributed by atoms with van der Waals surface area (Å²) in [6.07, 6.45) is 10.8. The third-order valence-corrected chi connectivity index (χ3v) is 9.21. The normalized spacial score (nSPS) is 52.7. The molecule has 5 aliphatic carbocycles. The summed E-state index contributed by atoms with van der Waals surface area (Å²) < 4.78 is 5.26. The predicted octanol–water partition coefficient (Wildman–Crippen LogP) is 3.89. The average Bonchev–Trinajstić information content (AvgIpc) is 2.59.